The SMILES string of the molecule is CNCC(CCc1cnn(C)c1)c1ccccc1C. The van der Waals surface area contributed by atoms with Crippen LogP contribution in [-0.4, -0.2) is 23.4 Å². The number of benzene rings is 1. The van der Waals surface area contributed by atoms with Crippen LogP contribution >= 0.6 is 0 Å². The Hall–Kier alpha value is -1.61. The lowest BCUT2D eigenvalue weighted by atomic mass is 9.90. The van der Waals surface area contributed by atoms with Crippen LogP contribution in [0, 0.1) is 6.92 Å². The maximum absolute atomic E-state index is 4.23. The first-order valence-electron chi connectivity index (χ1n) is 6.88. The number of nitrogens with one attached hydrogen (secondary N) is 1. The normalized spacial score (nSPS) is 12.6. The van der Waals surface area contributed by atoms with Gasteiger partial charge in [0.05, 0.1) is 6.20 Å². The molecule has 3 heteroatoms. The number of aryl methyl sites for hydroxylation is 3. The molecule has 2 aromatic rings. The molecule has 1 aromatic carbocycles. The first-order valence-corrected chi connectivity index (χ1v) is 6.88. The van der Waals surface area contributed by atoms with Crippen molar-refractivity contribution in [1.82, 2.24) is 15.1 Å². The van der Waals surface area contributed by atoms with Gasteiger partial charge in [0.2, 0.25) is 0 Å². The highest BCUT2D eigenvalue weighted by atomic mass is 15.2. The summed E-state index contributed by atoms with van der Waals surface area (Å²) in [5, 5.41) is 7.55. The van der Waals surface area contributed by atoms with Gasteiger partial charge in [0, 0.05) is 19.8 Å². The molecule has 1 heterocycles. The molecular weight excluding hydrogens is 234 g/mol. The first-order chi connectivity index (χ1) is 9.20. The Morgan fingerprint density at radius 3 is 2.74 bits per heavy atom. The van der Waals surface area contributed by atoms with Gasteiger partial charge in [-0.1, -0.05) is 24.3 Å². The summed E-state index contributed by atoms with van der Waals surface area (Å²) in [7, 11) is 3.99. The lowest BCUT2D eigenvalue weighted by molar-refractivity contribution is 0.581. The highest BCUT2D eigenvalue weighted by molar-refractivity contribution is 5.29. The molecular formula is C16H23N3. The highest BCUT2D eigenvalue weighted by Crippen LogP contribution is 2.24. The summed E-state index contributed by atoms with van der Waals surface area (Å²) in [5.41, 5.74) is 4.16. The van der Waals surface area contributed by atoms with Gasteiger partial charge in [-0.25, -0.2) is 0 Å². The number of hydrogen-bond donors (Lipinski definition) is 1. The second-order valence-corrected chi connectivity index (χ2v) is 5.17. The minimum absolute atomic E-state index is 0.561. The van der Waals surface area contributed by atoms with Crippen molar-refractivity contribution >= 4 is 0 Å². The highest BCUT2D eigenvalue weighted by Gasteiger charge is 2.13. The van der Waals surface area contributed by atoms with Gasteiger partial charge in [-0.2, -0.15) is 5.10 Å². The van der Waals surface area contributed by atoms with Crippen molar-refractivity contribution in [3.05, 3.63) is 53.3 Å². The predicted molar refractivity (Wildman–Crippen MR) is 79.4 cm³/mol. The third-order valence-electron chi connectivity index (χ3n) is 3.62. The van der Waals surface area contributed by atoms with E-state index in [2.05, 4.69) is 47.8 Å². The average Bonchev–Trinajstić information content (AvgIpc) is 2.81. The van der Waals surface area contributed by atoms with Crippen LogP contribution in [0.2, 0.25) is 0 Å². The number of nitrogens with zero attached hydrogens (tertiary/aromatic N) is 2. The largest absolute Gasteiger partial charge is 0.319 e. The van der Waals surface area contributed by atoms with Gasteiger partial charge >= 0.3 is 0 Å². The lowest BCUT2D eigenvalue weighted by Gasteiger charge is -2.18. The molecule has 0 aliphatic rings. The van der Waals surface area contributed by atoms with Crippen LogP contribution in [0.25, 0.3) is 0 Å². The maximum Gasteiger partial charge on any atom is 0.0521 e. The van der Waals surface area contributed by atoms with Crippen LogP contribution in [0.3, 0.4) is 0 Å². The molecule has 0 spiro atoms. The molecule has 0 radical (unpaired) electrons. The van der Waals surface area contributed by atoms with E-state index >= 15 is 0 Å². The van der Waals surface area contributed by atoms with Crippen molar-refractivity contribution in [2.24, 2.45) is 7.05 Å². The molecule has 0 saturated carbocycles. The van der Waals surface area contributed by atoms with Gasteiger partial charge in [0.1, 0.15) is 0 Å². The molecule has 0 saturated heterocycles. The third-order valence-corrected chi connectivity index (χ3v) is 3.62. The van der Waals surface area contributed by atoms with Crippen LogP contribution in [0.1, 0.15) is 29.0 Å². The summed E-state index contributed by atoms with van der Waals surface area (Å²) in [6, 6.07) is 8.69. The molecule has 0 fully saturated rings. The minimum Gasteiger partial charge on any atom is -0.319 e. The van der Waals surface area contributed by atoms with Gasteiger partial charge in [-0.05, 0) is 49.4 Å². The molecule has 1 N–H and O–H groups in total. The average molecular weight is 257 g/mol. The van der Waals surface area contributed by atoms with Gasteiger partial charge in [0.15, 0.2) is 0 Å². The number of aromatic nitrogens is 2. The van der Waals surface area contributed by atoms with Crippen LogP contribution in [0.5, 0.6) is 0 Å². The molecule has 0 bridgehead atoms. The Labute approximate surface area is 115 Å². The molecule has 3 nitrogen and oxygen atoms in total. The van der Waals surface area contributed by atoms with E-state index in [9.17, 15) is 0 Å². The second-order valence-electron chi connectivity index (χ2n) is 5.17. The fraction of sp³-hybridized carbons (Fsp3) is 0.438. The fourth-order valence-electron chi connectivity index (χ4n) is 2.60. The molecule has 1 atom stereocenters. The Kier molecular flexibility index (Phi) is 4.74. The quantitative estimate of drug-likeness (QED) is 0.862. The molecule has 1 unspecified atom stereocenters. The van der Waals surface area contributed by atoms with Gasteiger partial charge < -0.3 is 5.32 Å². The minimum atomic E-state index is 0.561. The smallest absolute Gasteiger partial charge is 0.0521 e. The third kappa shape index (κ3) is 3.67. The van der Waals surface area contributed by atoms with Gasteiger partial charge in [-0.3, -0.25) is 4.68 Å². The van der Waals surface area contributed by atoms with Crippen molar-refractivity contribution in [2.45, 2.75) is 25.7 Å². The Morgan fingerprint density at radius 2 is 2.11 bits per heavy atom. The number of hydrogen-bond acceptors (Lipinski definition) is 2. The number of rotatable bonds is 6. The maximum atomic E-state index is 4.23. The van der Waals surface area contributed by atoms with Crippen LogP contribution < -0.4 is 5.32 Å². The van der Waals surface area contributed by atoms with E-state index in [0.717, 1.165) is 19.4 Å². The Morgan fingerprint density at radius 1 is 1.32 bits per heavy atom. The van der Waals surface area contributed by atoms with E-state index in [1.165, 1.54) is 16.7 Å². The first kappa shape index (κ1) is 13.8. The summed E-state index contributed by atoms with van der Waals surface area (Å²) in [6.07, 6.45) is 6.30. The molecule has 102 valence electrons. The zero-order valence-electron chi connectivity index (χ0n) is 12.1. The van der Waals surface area contributed by atoms with Crippen LogP contribution in [0.4, 0.5) is 0 Å². The van der Waals surface area contributed by atoms with Crippen LogP contribution in [-0.2, 0) is 13.5 Å². The van der Waals surface area contributed by atoms with Crippen molar-refractivity contribution in [3.8, 4) is 0 Å². The van der Waals surface area contributed by atoms with E-state index in [4.69, 9.17) is 0 Å². The summed E-state index contributed by atoms with van der Waals surface area (Å²) in [4.78, 5) is 0. The van der Waals surface area contributed by atoms with E-state index in [0.29, 0.717) is 5.92 Å². The standard InChI is InChI=1S/C16H23N3/c1-13-6-4-5-7-16(13)15(11-17-2)9-8-14-10-18-19(3)12-14/h4-7,10,12,15,17H,8-9,11H2,1-3H3. The summed E-state index contributed by atoms with van der Waals surface area (Å²) in [6.45, 7) is 3.22. The van der Waals surface area contributed by atoms with Crippen LogP contribution in [0.15, 0.2) is 36.7 Å². The van der Waals surface area contributed by atoms with Crippen molar-refractivity contribution < 1.29 is 0 Å². The summed E-state index contributed by atoms with van der Waals surface area (Å²) in [5.74, 6) is 0.561. The topological polar surface area (TPSA) is 29.9 Å². The van der Waals surface area contributed by atoms with Crippen molar-refractivity contribution in [1.29, 1.82) is 0 Å². The molecule has 1 aromatic heterocycles. The van der Waals surface area contributed by atoms with E-state index in [-0.39, 0.29) is 0 Å². The summed E-state index contributed by atoms with van der Waals surface area (Å²) < 4.78 is 1.87. The molecule has 19 heavy (non-hydrogen) atoms. The summed E-state index contributed by atoms with van der Waals surface area (Å²) >= 11 is 0. The molecule has 0 aliphatic carbocycles. The van der Waals surface area contributed by atoms with E-state index in [1.54, 1.807) is 0 Å². The number of likely N-dealkylation sites (N-methyl/N-ethyl adjacent to an activating group) is 1. The fourth-order valence-corrected chi connectivity index (χ4v) is 2.60. The predicted octanol–water partition coefficient (Wildman–Crippen LogP) is 2.66. The zero-order chi connectivity index (χ0) is 13.7. The van der Waals surface area contributed by atoms with Crippen molar-refractivity contribution in [3.63, 3.8) is 0 Å². The van der Waals surface area contributed by atoms with E-state index in [1.807, 2.05) is 25.0 Å². The second kappa shape index (κ2) is 6.53. The van der Waals surface area contributed by atoms with Crippen molar-refractivity contribution in [2.75, 3.05) is 13.6 Å². The van der Waals surface area contributed by atoms with E-state index < -0.39 is 0 Å². The molecule has 0 amide bonds. The Balaban J connectivity index is 2.06. The van der Waals surface area contributed by atoms with Gasteiger partial charge in [0.25, 0.3) is 0 Å². The monoisotopic (exact) mass is 257 g/mol. The zero-order valence-corrected chi connectivity index (χ0v) is 12.1. The lowest BCUT2D eigenvalue weighted by Crippen LogP contribution is -2.18. The van der Waals surface area contributed by atoms with Gasteiger partial charge in [-0.15, -0.1) is 0 Å². The molecule has 2 rings (SSSR count). The Bertz CT molecular complexity index is 516. The molecule has 0 aliphatic heterocycles.